The zero-order chi connectivity index (χ0) is 23.3. The molecule has 8 heteroatoms. The molecule has 4 rings (SSSR count). The van der Waals surface area contributed by atoms with Crippen LogP contribution in [-0.2, 0) is 21.4 Å². The number of carbonyl (C=O) groups excluding carboxylic acids is 1. The first kappa shape index (κ1) is 22.8. The molecule has 7 nitrogen and oxygen atoms in total. The zero-order valence-corrected chi connectivity index (χ0v) is 19.1. The molecule has 0 aromatic heterocycles. The summed E-state index contributed by atoms with van der Waals surface area (Å²) in [6.45, 7) is 0.392. The molecule has 0 fully saturated rings. The van der Waals surface area contributed by atoms with E-state index in [4.69, 9.17) is 9.47 Å². The third-order valence-electron chi connectivity index (χ3n) is 5.37. The summed E-state index contributed by atoms with van der Waals surface area (Å²) in [4.78, 5) is 14.7. The number of amides is 1. The van der Waals surface area contributed by atoms with E-state index < -0.39 is 10.0 Å². The number of nitrogens with zero attached hydrogens (tertiary/aromatic N) is 2. The lowest BCUT2D eigenvalue weighted by Gasteiger charge is -2.30. The molecule has 1 heterocycles. The molecule has 0 N–H and O–H groups in total. The van der Waals surface area contributed by atoms with E-state index in [2.05, 4.69) is 0 Å². The minimum Gasteiger partial charge on any atom is -0.486 e. The van der Waals surface area contributed by atoms with E-state index in [1.807, 2.05) is 54.6 Å². The second-order valence-electron chi connectivity index (χ2n) is 7.84. The molecule has 1 atom stereocenters. The van der Waals surface area contributed by atoms with Crippen molar-refractivity contribution in [2.75, 3.05) is 26.7 Å². The van der Waals surface area contributed by atoms with Crippen molar-refractivity contribution in [1.29, 1.82) is 0 Å². The minimum atomic E-state index is -3.87. The molecule has 0 bridgehead atoms. The van der Waals surface area contributed by atoms with Crippen molar-refractivity contribution >= 4 is 15.9 Å². The SMILES string of the molecule is CN(C[C@@H]1COc2ccccc2O1)C(=O)CN(Cc1ccccc1)S(=O)(=O)c1ccccc1. The first-order chi connectivity index (χ1) is 15.9. The van der Waals surface area contributed by atoms with Gasteiger partial charge in [-0.15, -0.1) is 0 Å². The number of hydrogen-bond donors (Lipinski definition) is 0. The summed E-state index contributed by atoms with van der Waals surface area (Å²) in [7, 11) is -2.23. The third kappa shape index (κ3) is 5.53. The summed E-state index contributed by atoms with van der Waals surface area (Å²) in [6.07, 6.45) is -0.345. The maximum atomic E-state index is 13.3. The van der Waals surface area contributed by atoms with E-state index in [0.29, 0.717) is 18.1 Å². The third-order valence-corrected chi connectivity index (χ3v) is 7.17. The second-order valence-corrected chi connectivity index (χ2v) is 9.78. The fourth-order valence-corrected chi connectivity index (χ4v) is 4.98. The van der Waals surface area contributed by atoms with Gasteiger partial charge in [0.25, 0.3) is 0 Å². The molecule has 0 radical (unpaired) electrons. The van der Waals surface area contributed by atoms with Crippen LogP contribution in [0.15, 0.2) is 89.8 Å². The number of ether oxygens (including phenoxy) is 2. The number of hydrogen-bond acceptors (Lipinski definition) is 5. The van der Waals surface area contributed by atoms with Crippen LogP contribution < -0.4 is 9.47 Å². The van der Waals surface area contributed by atoms with Crippen molar-refractivity contribution in [2.24, 2.45) is 0 Å². The Balaban J connectivity index is 1.47. The quantitative estimate of drug-likeness (QED) is 0.510. The van der Waals surface area contributed by atoms with Gasteiger partial charge in [-0.3, -0.25) is 4.79 Å². The summed E-state index contributed by atoms with van der Waals surface area (Å²) in [5, 5.41) is 0. The molecule has 1 amide bonds. The highest BCUT2D eigenvalue weighted by Gasteiger charge is 2.29. The number of carbonyl (C=O) groups is 1. The molecule has 0 aliphatic carbocycles. The van der Waals surface area contributed by atoms with Crippen molar-refractivity contribution in [1.82, 2.24) is 9.21 Å². The lowest BCUT2D eigenvalue weighted by Crippen LogP contribution is -2.46. The van der Waals surface area contributed by atoms with Gasteiger partial charge in [0.15, 0.2) is 17.6 Å². The van der Waals surface area contributed by atoms with Gasteiger partial charge in [0.2, 0.25) is 15.9 Å². The molecular formula is C25H26N2O5S. The van der Waals surface area contributed by atoms with Gasteiger partial charge in [0.1, 0.15) is 6.61 Å². The fourth-order valence-electron chi connectivity index (χ4n) is 3.59. The molecular weight excluding hydrogens is 440 g/mol. The van der Waals surface area contributed by atoms with E-state index in [9.17, 15) is 13.2 Å². The van der Waals surface area contributed by atoms with Crippen LogP contribution in [0, 0.1) is 0 Å². The van der Waals surface area contributed by atoms with Gasteiger partial charge >= 0.3 is 0 Å². The molecule has 33 heavy (non-hydrogen) atoms. The van der Waals surface area contributed by atoms with Crippen LogP contribution in [-0.4, -0.2) is 56.4 Å². The van der Waals surface area contributed by atoms with E-state index in [-0.39, 0.29) is 36.5 Å². The Hall–Kier alpha value is -3.36. The van der Waals surface area contributed by atoms with Crippen molar-refractivity contribution in [3.05, 3.63) is 90.5 Å². The Morgan fingerprint density at radius 3 is 2.21 bits per heavy atom. The Morgan fingerprint density at radius 2 is 1.52 bits per heavy atom. The Morgan fingerprint density at radius 1 is 0.909 bits per heavy atom. The molecule has 0 spiro atoms. The fraction of sp³-hybridized carbons (Fsp3) is 0.240. The topological polar surface area (TPSA) is 76.2 Å². The Labute approximate surface area is 194 Å². The van der Waals surface area contributed by atoms with Crippen LogP contribution in [0.1, 0.15) is 5.56 Å². The van der Waals surface area contributed by atoms with E-state index in [0.717, 1.165) is 5.56 Å². The summed E-state index contributed by atoms with van der Waals surface area (Å²) in [6, 6.07) is 24.8. The maximum absolute atomic E-state index is 13.3. The van der Waals surface area contributed by atoms with Crippen LogP contribution in [0.4, 0.5) is 0 Å². The highest BCUT2D eigenvalue weighted by molar-refractivity contribution is 7.89. The number of fused-ring (bicyclic) bond motifs is 1. The van der Waals surface area contributed by atoms with Crippen molar-refractivity contribution in [3.8, 4) is 11.5 Å². The van der Waals surface area contributed by atoms with Gasteiger partial charge in [-0.2, -0.15) is 4.31 Å². The van der Waals surface area contributed by atoms with Crippen LogP contribution in [0.2, 0.25) is 0 Å². The largest absolute Gasteiger partial charge is 0.486 e. The Bertz CT molecular complexity index is 1190. The molecule has 172 valence electrons. The number of likely N-dealkylation sites (N-methyl/N-ethyl adjacent to an activating group) is 1. The first-order valence-corrected chi connectivity index (χ1v) is 12.1. The summed E-state index contributed by atoms with van der Waals surface area (Å²) < 4.78 is 39.5. The molecule has 0 saturated heterocycles. The zero-order valence-electron chi connectivity index (χ0n) is 18.3. The highest BCUT2D eigenvalue weighted by Crippen LogP contribution is 2.31. The molecule has 0 saturated carbocycles. The standard InChI is InChI=1S/C25H26N2O5S/c1-26(17-21-19-31-23-14-8-9-15-24(23)32-21)25(28)18-27(16-20-10-4-2-5-11-20)33(29,30)22-12-6-3-7-13-22/h2-15,21H,16-19H2,1H3/t21-/m1/s1. The van der Waals surface area contributed by atoms with Crippen molar-refractivity contribution in [2.45, 2.75) is 17.5 Å². The molecule has 0 unspecified atom stereocenters. The lowest BCUT2D eigenvalue weighted by molar-refractivity contribution is -0.131. The normalized spacial score (nSPS) is 15.3. The smallest absolute Gasteiger partial charge is 0.243 e. The van der Waals surface area contributed by atoms with Crippen LogP contribution >= 0.6 is 0 Å². The number of rotatable bonds is 8. The van der Waals surface area contributed by atoms with Crippen LogP contribution in [0.5, 0.6) is 11.5 Å². The van der Waals surface area contributed by atoms with Gasteiger partial charge in [-0.1, -0.05) is 60.7 Å². The summed E-state index contributed by atoms with van der Waals surface area (Å²) >= 11 is 0. The number of sulfonamides is 1. The van der Waals surface area contributed by atoms with Gasteiger partial charge in [-0.05, 0) is 29.8 Å². The first-order valence-electron chi connectivity index (χ1n) is 10.6. The lowest BCUT2D eigenvalue weighted by atomic mass is 10.2. The van der Waals surface area contributed by atoms with E-state index in [1.165, 1.54) is 21.3 Å². The van der Waals surface area contributed by atoms with Crippen LogP contribution in [0.25, 0.3) is 0 Å². The van der Waals surface area contributed by atoms with Gasteiger partial charge < -0.3 is 14.4 Å². The van der Waals surface area contributed by atoms with Gasteiger partial charge in [-0.25, -0.2) is 8.42 Å². The summed E-state index contributed by atoms with van der Waals surface area (Å²) in [5.41, 5.74) is 0.799. The predicted octanol–water partition coefficient (Wildman–Crippen LogP) is 3.18. The Kier molecular flexibility index (Phi) is 6.96. The average Bonchev–Trinajstić information content (AvgIpc) is 2.84. The molecule has 1 aliphatic heterocycles. The highest BCUT2D eigenvalue weighted by atomic mass is 32.2. The van der Waals surface area contributed by atoms with E-state index in [1.54, 1.807) is 25.2 Å². The molecule has 3 aromatic carbocycles. The second kappa shape index (κ2) is 10.1. The molecule has 1 aliphatic rings. The monoisotopic (exact) mass is 466 g/mol. The van der Waals surface area contributed by atoms with Crippen LogP contribution in [0.3, 0.4) is 0 Å². The summed E-state index contributed by atoms with van der Waals surface area (Å²) in [5.74, 6) is 0.977. The maximum Gasteiger partial charge on any atom is 0.243 e. The average molecular weight is 467 g/mol. The van der Waals surface area contributed by atoms with Gasteiger partial charge in [0, 0.05) is 13.6 Å². The van der Waals surface area contributed by atoms with Crippen molar-refractivity contribution in [3.63, 3.8) is 0 Å². The van der Waals surface area contributed by atoms with E-state index >= 15 is 0 Å². The number of para-hydroxylation sites is 2. The molecule has 3 aromatic rings. The minimum absolute atomic E-state index is 0.0913. The number of benzene rings is 3. The predicted molar refractivity (Wildman–Crippen MR) is 124 cm³/mol. The van der Waals surface area contributed by atoms with Gasteiger partial charge in [0.05, 0.1) is 18.0 Å². The van der Waals surface area contributed by atoms with Crippen molar-refractivity contribution < 1.29 is 22.7 Å².